The van der Waals surface area contributed by atoms with Gasteiger partial charge in [-0.15, -0.1) is 0 Å². The van der Waals surface area contributed by atoms with Crippen molar-refractivity contribution in [2.45, 2.75) is 0 Å². The van der Waals surface area contributed by atoms with Gasteiger partial charge in [-0.25, -0.2) is 14.2 Å². The summed E-state index contributed by atoms with van der Waals surface area (Å²) in [5, 5.41) is 18.4. The van der Waals surface area contributed by atoms with Crippen LogP contribution in [0.3, 0.4) is 0 Å². The molecule has 0 radical (unpaired) electrons. The van der Waals surface area contributed by atoms with Crippen LogP contribution in [0.5, 0.6) is 5.75 Å². The van der Waals surface area contributed by atoms with Gasteiger partial charge >= 0.3 is 5.97 Å². The highest BCUT2D eigenvalue weighted by atomic mass is 19.1. The maximum atomic E-state index is 14.0. The number of carboxylic acid groups (broad SMARTS) is 1. The molecule has 0 unspecified atom stereocenters. The molecular weight excluding hydrogens is 265 g/mol. The molecule has 0 saturated heterocycles. The third kappa shape index (κ3) is 1.76. The lowest BCUT2D eigenvalue weighted by Crippen LogP contribution is -1.99. The first kappa shape index (κ1) is 12.1. The number of aromatic amines is 1. The number of rotatable bonds is 2. The van der Waals surface area contributed by atoms with Crippen molar-refractivity contribution in [3.63, 3.8) is 0 Å². The van der Waals surface area contributed by atoms with Gasteiger partial charge in [-0.1, -0.05) is 0 Å². The van der Waals surface area contributed by atoms with Gasteiger partial charge in [0, 0.05) is 6.20 Å². The molecule has 6 nitrogen and oxygen atoms in total. The zero-order valence-corrected chi connectivity index (χ0v) is 9.96. The minimum Gasteiger partial charge on any atom is -0.504 e. The Morgan fingerprint density at radius 3 is 2.80 bits per heavy atom. The fourth-order valence-electron chi connectivity index (χ4n) is 1.90. The van der Waals surface area contributed by atoms with Crippen LogP contribution >= 0.6 is 0 Å². The first-order valence-corrected chi connectivity index (χ1v) is 5.63. The van der Waals surface area contributed by atoms with E-state index in [-0.39, 0.29) is 11.4 Å². The van der Waals surface area contributed by atoms with Crippen LogP contribution in [0.4, 0.5) is 4.39 Å². The van der Waals surface area contributed by atoms with Crippen molar-refractivity contribution in [1.29, 1.82) is 0 Å². The molecule has 0 aliphatic carbocycles. The van der Waals surface area contributed by atoms with Crippen LogP contribution < -0.4 is 0 Å². The van der Waals surface area contributed by atoms with Crippen LogP contribution in [0, 0.1) is 5.82 Å². The molecule has 3 N–H and O–H groups in total. The molecule has 2 heterocycles. The van der Waals surface area contributed by atoms with E-state index in [4.69, 9.17) is 5.11 Å². The van der Waals surface area contributed by atoms with E-state index in [1.54, 1.807) is 12.3 Å². The molecular formula is C13H8FN3O3. The number of halogens is 1. The second-order valence-electron chi connectivity index (χ2n) is 4.11. The van der Waals surface area contributed by atoms with Crippen molar-refractivity contribution < 1.29 is 19.4 Å². The fraction of sp³-hybridized carbons (Fsp3) is 0. The van der Waals surface area contributed by atoms with Crippen LogP contribution in [0.25, 0.3) is 22.4 Å². The standard InChI is InChI=1S/C13H8FN3O3/c14-10-6(1-2-7(11(10)18)13(19)20)12-16-8-3-4-15-5-9(8)17-12/h1-5,18H,(H,16,17)(H,19,20). The van der Waals surface area contributed by atoms with Gasteiger partial charge in [-0.3, -0.25) is 4.98 Å². The van der Waals surface area contributed by atoms with E-state index in [1.165, 1.54) is 12.3 Å². The average Bonchev–Trinajstić information content (AvgIpc) is 2.84. The lowest BCUT2D eigenvalue weighted by Gasteiger charge is -2.04. The minimum absolute atomic E-state index is 0.0105. The van der Waals surface area contributed by atoms with Crippen molar-refractivity contribution in [3.05, 3.63) is 42.0 Å². The zero-order chi connectivity index (χ0) is 14.3. The summed E-state index contributed by atoms with van der Waals surface area (Å²) in [4.78, 5) is 21.7. The predicted octanol–water partition coefficient (Wildman–Crippen LogP) is 2.17. The van der Waals surface area contributed by atoms with E-state index < -0.39 is 23.1 Å². The molecule has 2 aromatic heterocycles. The summed E-state index contributed by atoms with van der Waals surface area (Å²) in [6.07, 6.45) is 3.09. The summed E-state index contributed by atoms with van der Waals surface area (Å²) in [6, 6.07) is 4.03. The number of hydrogen-bond donors (Lipinski definition) is 3. The first-order valence-electron chi connectivity index (χ1n) is 5.63. The lowest BCUT2D eigenvalue weighted by molar-refractivity contribution is 0.0693. The zero-order valence-electron chi connectivity index (χ0n) is 9.96. The highest BCUT2D eigenvalue weighted by Gasteiger charge is 2.19. The fourth-order valence-corrected chi connectivity index (χ4v) is 1.90. The Balaban J connectivity index is 2.19. The molecule has 1 aromatic carbocycles. The van der Waals surface area contributed by atoms with Crippen molar-refractivity contribution >= 4 is 17.0 Å². The van der Waals surface area contributed by atoms with E-state index >= 15 is 0 Å². The van der Waals surface area contributed by atoms with E-state index in [9.17, 15) is 14.3 Å². The van der Waals surface area contributed by atoms with Gasteiger partial charge in [0.15, 0.2) is 11.6 Å². The third-order valence-corrected chi connectivity index (χ3v) is 2.89. The third-order valence-electron chi connectivity index (χ3n) is 2.89. The average molecular weight is 273 g/mol. The first-order chi connectivity index (χ1) is 9.58. The van der Waals surface area contributed by atoms with Crippen molar-refractivity contribution in [2.24, 2.45) is 0 Å². The highest BCUT2D eigenvalue weighted by molar-refractivity contribution is 5.92. The monoisotopic (exact) mass is 273 g/mol. The molecule has 3 aromatic rings. The summed E-state index contributed by atoms with van der Waals surface area (Å²) >= 11 is 0. The number of aromatic carboxylic acids is 1. The molecule has 0 atom stereocenters. The summed E-state index contributed by atoms with van der Waals surface area (Å²) in [6.45, 7) is 0. The Morgan fingerprint density at radius 2 is 2.10 bits per heavy atom. The predicted molar refractivity (Wildman–Crippen MR) is 67.9 cm³/mol. The molecule has 100 valence electrons. The number of fused-ring (bicyclic) bond motifs is 1. The van der Waals surface area contributed by atoms with Crippen LogP contribution in [0.1, 0.15) is 10.4 Å². The van der Waals surface area contributed by atoms with Gasteiger partial charge < -0.3 is 15.2 Å². The second-order valence-corrected chi connectivity index (χ2v) is 4.11. The van der Waals surface area contributed by atoms with E-state index in [1.807, 2.05) is 0 Å². The number of pyridine rings is 1. The van der Waals surface area contributed by atoms with Crippen molar-refractivity contribution in [1.82, 2.24) is 15.0 Å². The number of carboxylic acids is 1. The van der Waals surface area contributed by atoms with Gasteiger partial charge in [0.2, 0.25) is 0 Å². The van der Waals surface area contributed by atoms with Crippen LogP contribution in [-0.4, -0.2) is 31.1 Å². The Bertz CT molecular complexity index is 796. The van der Waals surface area contributed by atoms with Crippen LogP contribution in [0.15, 0.2) is 30.6 Å². The molecule has 7 heteroatoms. The highest BCUT2D eigenvalue weighted by Crippen LogP contribution is 2.30. The molecule has 20 heavy (non-hydrogen) atoms. The largest absolute Gasteiger partial charge is 0.504 e. The van der Waals surface area contributed by atoms with Crippen molar-refractivity contribution in [3.8, 4) is 17.1 Å². The Labute approximate surface area is 111 Å². The number of H-pyrrole nitrogens is 1. The number of hydrogen-bond acceptors (Lipinski definition) is 4. The molecule has 0 amide bonds. The van der Waals surface area contributed by atoms with Gasteiger partial charge in [0.1, 0.15) is 11.4 Å². The summed E-state index contributed by atoms with van der Waals surface area (Å²) in [7, 11) is 0. The molecule has 0 aliphatic rings. The normalized spacial score (nSPS) is 10.8. The van der Waals surface area contributed by atoms with Gasteiger partial charge in [0.05, 0.1) is 22.8 Å². The Kier molecular flexibility index (Phi) is 2.60. The van der Waals surface area contributed by atoms with E-state index in [2.05, 4.69) is 15.0 Å². The molecule has 0 fully saturated rings. The van der Waals surface area contributed by atoms with Gasteiger partial charge in [-0.05, 0) is 18.2 Å². The summed E-state index contributed by atoms with van der Waals surface area (Å²) in [5.74, 6) is -3.15. The molecule has 0 spiro atoms. The smallest absolute Gasteiger partial charge is 0.339 e. The number of aromatic nitrogens is 3. The summed E-state index contributed by atoms with van der Waals surface area (Å²) < 4.78 is 14.0. The number of imidazole rings is 1. The SMILES string of the molecule is O=C(O)c1ccc(-c2nc3ccncc3[nH]2)c(F)c1O. The lowest BCUT2D eigenvalue weighted by atomic mass is 10.1. The van der Waals surface area contributed by atoms with Crippen molar-refractivity contribution in [2.75, 3.05) is 0 Å². The van der Waals surface area contributed by atoms with E-state index in [0.717, 1.165) is 6.07 Å². The van der Waals surface area contributed by atoms with Crippen LogP contribution in [0.2, 0.25) is 0 Å². The number of benzene rings is 1. The summed E-state index contributed by atoms with van der Waals surface area (Å²) in [5.41, 5.74) is 0.702. The number of carbonyl (C=O) groups is 1. The topological polar surface area (TPSA) is 99.1 Å². The Morgan fingerprint density at radius 1 is 1.30 bits per heavy atom. The van der Waals surface area contributed by atoms with Gasteiger partial charge in [0.25, 0.3) is 0 Å². The number of phenols is 1. The molecule has 0 saturated carbocycles. The van der Waals surface area contributed by atoms with E-state index in [0.29, 0.717) is 11.0 Å². The second kappa shape index (κ2) is 4.30. The quantitative estimate of drug-likeness (QED) is 0.664. The maximum Gasteiger partial charge on any atom is 0.339 e. The van der Waals surface area contributed by atoms with Crippen LogP contribution in [-0.2, 0) is 0 Å². The molecule has 3 rings (SSSR count). The van der Waals surface area contributed by atoms with Gasteiger partial charge in [-0.2, -0.15) is 0 Å². The number of nitrogens with zero attached hydrogens (tertiary/aromatic N) is 2. The molecule has 0 bridgehead atoms. The molecule has 0 aliphatic heterocycles. The number of nitrogens with one attached hydrogen (secondary N) is 1. The number of aromatic hydroxyl groups is 1. The minimum atomic E-state index is -1.40. The maximum absolute atomic E-state index is 14.0. The Hall–Kier alpha value is -2.96.